The van der Waals surface area contributed by atoms with Gasteiger partial charge in [0.1, 0.15) is 5.82 Å². The Kier molecular flexibility index (Phi) is 5.32. The molecule has 1 unspecified atom stereocenters. The molecule has 2 amide bonds. The topological polar surface area (TPSA) is 70.7 Å². The molecule has 136 valence electrons. The van der Waals surface area contributed by atoms with Crippen LogP contribution < -0.4 is 10.6 Å². The summed E-state index contributed by atoms with van der Waals surface area (Å²) < 4.78 is 18.8. The Morgan fingerprint density at radius 3 is 2.62 bits per heavy atom. The lowest BCUT2D eigenvalue weighted by Crippen LogP contribution is -2.31. The highest BCUT2D eigenvalue weighted by Gasteiger charge is 2.41. The third kappa shape index (κ3) is 4.46. The van der Waals surface area contributed by atoms with Gasteiger partial charge in [-0.05, 0) is 43.2 Å². The van der Waals surface area contributed by atoms with Crippen molar-refractivity contribution in [2.24, 2.45) is 0 Å². The molecule has 6 heteroatoms. The molecule has 1 aliphatic heterocycles. The summed E-state index contributed by atoms with van der Waals surface area (Å²) >= 11 is 0. The van der Waals surface area contributed by atoms with Crippen molar-refractivity contribution in [3.63, 3.8) is 0 Å². The molecule has 1 aliphatic rings. The van der Waals surface area contributed by atoms with Crippen LogP contribution in [-0.2, 0) is 20.7 Å². The van der Waals surface area contributed by atoms with Crippen molar-refractivity contribution in [2.45, 2.75) is 38.5 Å². The van der Waals surface area contributed by atoms with E-state index in [1.54, 1.807) is 36.4 Å². The predicted molar refractivity (Wildman–Crippen MR) is 96.1 cm³/mol. The zero-order chi connectivity index (χ0) is 18.7. The standard InChI is InChI=1S/C20H21FN2O3/c1-12(22-20(25)19-13(2)26-19)14-7-5-8-16(10-14)23-18(24)11-15-6-3-4-9-17(15)21/h3-10,12-13,19H,11H2,1-2H3,(H,22,25)(H,23,24)/t12?,13-,19+/m0/s1. The highest BCUT2D eigenvalue weighted by atomic mass is 19.1. The molecule has 3 atom stereocenters. The van der Waals surface area contributed by atoms with E-state index in [0.717, 1.165) is 5.56 Å². The van der Waals surface area contributed by atoms with Gasteiger partial charge in [0.25, 0.3) is 5.91 Å². The molecule has 0 aliphatic carbocycles. The lowest BCUT2D eigenvalue weighted by Gasteiger charge is -2.15. The maximum Gasteiger partial charge on any atom is 0.252 e. The van der Waals surface area contributed by atoms with E-state index in [1.165, 1.54) is 6.07 Å². The largest absolute Gasteiger partial charge is 0.359 e. The Morgan fingerprint density at radius 1 is 1.19 bits per heavy atom. The molecule has 5 nitrogen and oxygen atoms in total. The Morgan fingerprint density at radius 2 is 1.92 bits per heavy atom. The van der Waals surface area contributed by atoms with Crippen LogP contribution in [0.4, 0.5) is 10.1 Å². The average Bonchev–Trinajstić information content (AvgIpc) is 3.34. The number of amides is 2. The van der Waals surface area contributed by atoms with Crippen LogP contribution in [0.2, 0.25) is 0 Å². The first-order valence-corrected chi connectivity index (χ1v) is 8.53. The monoisotopic (exact) mass is 356 g/mol. The Hall–Kier alpha value is -2.73. The van der Waals surface area contributed by atoms with Gasteiger partial charge in [0.05, 0.1) is 18.6 Å². The van der Waals surface area contributed by atoms with Crippen molar-refractivity contribution in [3.05, 3.63) is 65.5 Å². The molecular formula is C20H21FN2O3. The fourth-order valence-electron chi connectivity index (χ4n) is 2.75. The second kappa shape index (κ2) is 7.66. The summed E-state index contributed by atoms with van der Waals surface area (Å²) in [5.74, 6) is -0.840. The van der Waals surface area contributed by atoms with Gasteiger partial charge in [-0.3, -0.25) is 9.59 Å². The number of benzene rings is 2. The molecule has 2 aromatic rings. The summed E-state index contributed by atoms with van der Waals surface area (Å²) in [7, 11) is 0. The minimum atomic E-state index is -0.399. The first kappa shape index (κ1) is 18.1. The van der Waals surface area contributed by atoms with Gasteiger partial charge in [0.2, 0.25) is 5.91 Å². The number of hydrogen-bond donors (Lipinski definition) is 2. The van der Waals surface area contributed by atoms with Crippen LogP contribution in [0.1, 0.15) is 31.0 Å². The Balaban J connectivity index is 1.60. The van der Waals surface area contributed by atoms with Crippen LogP contribution in [0, 0.1) is 5.82 Å². The number of rotatable bonds is 6. The van der Waals surface area contributed by atoms with E-state index in [2.05, 4.69) is 10.6 Å². The first-order chi connectivity index (χ1) is 12.4. The van der Waals surface area contributed by atoms with E-state index in [-0.39, 0.29) is 36.5 Å². The van der Waals surface area contributed by atoms with Crippen LogP contribution >= 0.6 is 0 Å². The Labute approximate surface area is 151 Å². The predicted octanol–water partition coefficient (Wildman–Crippen LogP) is 2.97. The third-order valence-electron chi connectivity index (χ3n) is 4.31. The summed E-state index contributed by atoms with van der Waals surface area (Å²) in [5.41, 5.74) is 1.80. The minimum Gasteiger partial charge on any atom is -0.359 e. The maximum absolute atomic E-state index is 13.6. The number of epoxide rings is 1. The second-order valence-electron chi connectivity index (χ2n) is 6.43. The molecule has 1 saturated heterocycles. The van der Waals surface area contributed by atoms with Crippen LogP contribution in [0.5, 0.6) is 0 Å². The van der Waals surface area contributed by atoms with Crippen molar-refractivity contribution >= 4 is 17.5 Å². The van der Waals surface area contributed by atoms with Gasteiger partial charge in [-0.2, -0.15) is 0 Å². The van der Waals surface area contributed by atoms with E-state index in [1.807, 2.05) is 19.9 Å². The molecule has 0 spiro atoms. The summed E-state index contributed by atoms with van der Waals surface area (Å²) in [6.45, 7) is 3.71. The van der Waals surface area contributed by atoms with Crippen LogP contribution in [0.25, 0.3) is 0 Å². The maximum atomic E-state index is 13.6. The lowest BCUT2D eigenvalue weighted by molar-refractivity contribution is -0.123. The summed E-state index contributed by atoms with van der Waals surface area (Å²) in [6, 6.07) is 13.2. The molecular weight excluding hydrogens is 335 g/mol. The van der Waals surface area contributed by atoms with E-state index in [0.29, 0.717) is 11.3 Å². The van der Waals surface area contributed by atoms with Crippen molar-refractivity contribution in [1.82, 2.24) is 5.32 Å². The van der Waals surface area contributed by atoms with Gasteiger partial charge in [-0.1, -0.05) is 30.3 Å². The van der Waals surface area contributed by atoms with Crippen molar-refractivity contribution in [1.29, 1.82) is 0 Å². The number of ether oxygens (including phenoxy) is 1. The molecule has 26 heavy (non-hydrogen) atoms. The zero-order valence-electron chi connectivity index (χ0n) is 14.7. The molecule has 1 heterocycles. The number of nitrogens with one attached hydrogen (secondary N) is 2. The third-order valence-corrected chi connectivity index (χ3v) is 4.31. The highest BCUT2D eigenvalue weighted by molar-refractivity contribution is 5.92. The summed E-state index contributed by atoms with van der Waals surface area (Å²) in [5, 5.41) is 5.66. The van der Waals surface area contributed by atoms with Crippen LogP contribution in [0.3, 0.4) is 0 Å². The van der Waals surface area contributed by atoms with Crippen LogP contribution in [-0.4, -0.2) is 24.0 Å². The molecule has 2 N–H and O–H groups in total. The first-order valence-electron chi connectivity index (χ1n) is 8.53. The average molecular weight is 356 g/mol. The van der Waals surface area contributed by atoms with Crippen molar-refractivity contribution in [2.75, 3.05) is 5.32 Å². The van der Waals surface area contributed by atoms with Gasteiger partial charge in [0.15, 0.2) is 6.10 Å². The van der Waals surface area contributed by atoms with Crippen molar-refractivity contribution in [3.8, 4) is 0 Å². The fraction of sp³-hybridized carbons (Fsp3) is 0.300. The number of carbonyl (C=O) groups is 2. The molecule has 2 aromatic carbocycles. The summed E-state index contributed by atoms with van der Waals surface area (Å²) in [4.78, 5) is 24.1. The van der Waals surface area contributed by atoms with Crippen molar-refractivity contribution < 1.29 is 18.7 Å². The van der Waals surface area contributed by atoms with Gasteiger partial charge in [0, 0.05) is 5.69 Å². The van der Waals surface area contributed by atoms with E-state index in [4.69, 9.17) is 4.74 Å². The number of anilines is 1. The number of halogens is 1. The normalized spacial score (nSPS) is 19.5. The Bertz CT molecular complexity index is 824. The molecule has 3 rings (SSSR count). The molecule has 0 aromatic heterocycles. The van der Waals surface area contributed by atoms with E-state index in [9.17, 15) is 14.0 Å². The second-order valence-corrected chi connectivity index (χ2v) is 6.43. The SMILES string of the molecule is CC(NC(=O)[C@@H]1O[C@H]1C)c1cccc(NC(=O)Cc2ccccc2F)c1. The van der Waals surface area contributed by atoms with E-state index < -0.39 is 5.82 Å². The quantitative estimate of drug-likeness (QED) is 0.782. The molecule has 1 fully saturated rings. The lowest BCUT2D eigenvalue weighted by atomic mass is 10.1. The highest BCUT2D eigenvalue weighted by Crippen LogP contribution is 2.23. The molecule has 0 bridgehead atoms. The number of carbonyl (C=O) groups excluding carboxylic acids is 2. The number of hydrogen-bond acceptors (Lipinski definition) is 3. The molecule has 0 saturated carbocycles. The van der Waals surface area contributed by atoms with Gasteiger partial charge in [-0.15, -0.1) is 0 Å². The minimum absolute atomic E-state index is 0.0359. The van der Waals surface area contributed by atoms with Gasteiger partial charge in [-0.25, -0.2) is 4.39 Å². The van der Waals surface area contributed by atoms with Crippen LogP contribution in [0.15, 0.2) is 48.5 Å². The zero-order valence-corrected chi connectivity index (χ0v) is 14.7. The van der Waals surface area contributed by atoms with Gasteiger partial charge < -0.3 is 15.4 Å². The summed E-state index contributed by atoms with van der Waals surface area (Å²) in [6.07, 6.45) is -0.451. The smallest absolute Gasteiger partial charge is 0.252 e. The van der Waals surface area contributed by atoms with E-state index >= 15 is 0 Å². The molecule has 0 radical (unpaired) electrons. The fourth-order valence-corrected chi connectivity index (χ4v) is 2.75. The van der Waals surface area contributed by atoms with Gasteiger partial charge >= 0.3 is 0 Å².